The highest BCUT2D eigenvalue weighted by Crippen LogP contribution is 2.33. The van der Waals surface area contributed by atoms with Gasteiger partial charge in [0, 0.05) is 16.8 Å². The van der Waals surface area contributed by atoms with Gasteiger partial charge in [0.15, 0.2) is 11.6 Å². The maximum Gasteiger partial charge on any atom is 0.419 e. The minimum Gasteiger partial charge on any atom is -0.373 e. The molecule has 0 saturated carbocycles. The van der Waals surface area contributed by atoms with Crippen LogP contribution in [0, 0.1) is 17.5 Å². The van der Waals surface area contributed by atoms with E-state index in [4.69, 9.17) is 4.74 Å². The Kier molecular flexibility index (Phi) is 5.00. The second-order valence-electron chi connectivity index (χ2n) is 6.89. The topological polar surface area (TPSA) is 71.2 Å². The molecule has 1 amide bonds. The third-order valence-corrected chi connectivity index (χ3v) is 4.91. The van der Waals surface area contributed by atoms with Crippen LogP contribution < -0.4 is 10.9 Å². The fourth-order valence-electron chi connectivity index (χ4n) is 3.51. The van der Waals surface area contributed by atoms with Crippen LogP contribution in [0.15, 0.2) is 35.1 Å². The van der Waals surface area contributed by atoms with Crippen molar-refractivity contribution in [3.63, 3.8) is 0 Å². The number of rotatable bonds is 2. The van der Waals surface area contributed by atoms with Gasteiger partial charge >= 0.3 is 6.18 Å². The molecular formula is C20H12F6N2O3. The zero-order valence-electron chi connectivity index (χ0n) is 15.4. The maximum atomic E-state index is 13.8. The molecule has 0 unspecified atom stereocenters. The molecular weight excluding hydrogens is 430 g/mol. The Hall–Kier alpha value is -3.34. The molecule has 1 aromatic heterocycles. The number of carbonyl (C=O) groups excluding carboxylic acids is 1. The number of halogens is 6. The Morgan fingerprint density at radius 2 is 1.71 bits per heavy atom. The van der Waals surface area contributed by atoms with E-state index >= 15 is 0 Å². The summed E-state index contributed by atoms with van der Waals surface area (Å²) in [6, 6.07) is 2.28. The summed E-state index contributed by atoms with van der Waals surface area (Å²) in [4.78, 5) is 27.2. The molecule has 0 radical (unpaired) electrons. The van der Waals surface area contributed by atoms with E-state index in [0.29, 0.717) is 12.1 Å². The minimum atomic E-state index is -4.92. The molecule has 2 aromatic carbocycles. The van der Waals surface area contributed by atoms with Crippen molar-refractivity contribution in [2.75, 3.05) is 6.61 Å². The van der Waals surface area contributed by atoms with E-state index in [1.165, 1.54) is 0 Å². The SMILES string of the molecule is O=C(N[C@@H]1COCc2[nH]c(=O)c3cc(F)c(F)cc3c21)c1ccc(C(F)(F)F)c(F)c1. The number of aromatic amines is 1. The number of alkyl halides is 3. The number of carbonyl (C=O) groups is 1. The summed E-state index contributed by atoms with van der Waals surface area (Å²) < 4.78 is 84.7. The van der Waals surface area contributed by atoms with Gasteiger partial charge < -0.3 is 15.0 Å². The number of fused-ring (bicyclic) bond motifs is 3. The van der Waals surface area contributed by atoms with Crippen LogP contribution in [0.4, 0.5) is 26.3 Å². The van der Waals surface area contributed by atoms with Gasteiger partial charge in [0.2, 0.25) is 0 Å². The van der Waals surface area contributed by atoms with Crippen LogP contribution in [-0.2, 0) is 17.5 Å². The number of aromatic nitrogens is 1. The maximum absolute atomic E-state index is 13.8. The number of ether oxygens (including phenoxy) is 1. The van der Waals surface area contributed by atoms with E-state index in [9.17, 15) is 35.9 Å². The van der Waals surface area contributed by atoms with Crippen LogP contribution in [0.25, 0.3) is 10.8 Å². The molecule has 5 nitrogen and oxygen atoms in total. The molecule has 0 bridgehead atoms. The molecule has 1 atom stereocenters. The van der Waals surface area contributed by atoms with Crippen LogP contribution in [0.5, 0.6) is 0 Å². The Balaban J connectivity index is 1.73. The van der Waals surface area contributed by atoms with Crippen LogP contribution in [0.3, 0.4) is 0 Å². The highest BCUT2D eigenvalue weighted by Gasteiger charge is 2.34. The number of benzene rings is 2. The zero-order chi connectivity index (χ0) is 22.5. The summed E-state index contributed by atoms with van der Waals surface area (Å²) in [5.41, 5.74) is -2.10. The highest BCUT2D eigenvalue weighted by atomic mass is 19.4. The van der Waals surface area contributed by atoms with Crippen molar-refractivity contribution in [3.05, 3.63) is 80.5 Å². The standard InChI is InChI=1S/C20H12F6N2O3/c21-12-3-8(1-2-11(12)20(24,25)26)18(29)27-15-6-31-7-16-17(15)9-4-13(22)14(23)5-10(9)19(30)28-16/h1-5,15H,6-7H2,(H,27,29)(H,28,30)/t15-/m1/s1. The Morgan fingerprint density at radius 3 is 2.35 bits per heavy atom. The van der Waals surface area contributed by atoms with Gasteiger partial charge in [0.1, 0.15) is 5.82 Å². The lowest BCUT2D eigenvalue weighted by Gasteiger charge is -2.27. The van der Waals surface area contributed by atoms with Gasteiger partial charge in [0.05, 0.1) is 30.2 Å². The number of pyridine rings is 1. The first-order valence-corrected chi connectivity index (χ1v) is 8.85. The lowest BCUT2D eigenvalue weighted by molar-refractivity contribution is -0.140. The monoisotopic (exact) mass is 442 g/mol. The van der Waals surface area contributed by atoms with E-state index in [1.54, 1.807) is 0 Å². The van der Waals surface area contributed by atoms with Gasteiger partial charge in [-0.3, -0.25) is 9.59 Å². The third-order valence-electron chi connectivity index (χ3n) is 4.91. The van der Waals surface area contributed by atoms with Gasteiger partial charge in [-0.15, -0.1) is 0 Å². The van der Waals surface area contributed by atoms with Crippen LogP contribution >= 0.6 is 0 Å². The first-order valence-electron chi connectivity index (χ1n) is 8.85. The average Bonchev–Trinajstić information content (AvgIpc) is 2.68. The van der Waals surface area contributed by atoms with Crippen molar-refractivity contribution in [1.82, 2.24) is 10.3 Å². The van der Waals surface area contributed by atoms with Crippen LogP contribution in [-0.4, -0.2) is 17.5 Å². The summed E-state index contributed by atoms with van der Waals surface area (Å²) in [7, 11) is 0. The minimum absolute atomic E-state index is 0.0462. The summed E-state index contributed by atoms with van der Waals surface area (Å²) >= 11 is 0. The van der Waals surface area contributed by atoms with Crippen molar-refractivity contribution in [2.24, 2.45) is 0 Å². The van der Waals surface area contributed by atoms with E-state index in [2.05, 4.69) is 10.3 Å². The summed E-state index contributed by atoms with van der Waals surface area (Å²) in [6.45, 7) is -0.192. The van der Waals surface area contributed by atoms with Crippen molar-refractivity contribution < 1.29 is 35.9 Å². The Bertz CT molecular complexity index is 1270. The summed E-state index contributed by atoms with van der Waals surface area (Å²) in [6.07, 6.45) is -4.92. The van der Waals surface area contributed by atoms with Crippen LogP contribution in [0.1, 0.15) is 33.2 Å². The molecule has 11 heteroatoms. The molecule has 4 rings (SSSR count). The van der Waals surface area contributed by atoms with Crippen molar-refractivity contribution in [3.8, 4) is 0 Å². The smallest absolute Gasteiger partial charge is 0.373 e. The number of hydrogen-bond donors (Lipinski definition) is 2. The average molecular weight is 442 g/mol. The lowest BCUT2D eigenvalue weighted by Crippen LogP contribution is -2.36. The summed E-state index contributed by atoms with van der Waals surface area (Å²) in [5, 5.41) is 2.37. The fraction of sp³-hybridized carbons (Fsp3) is 0.200. The molecule has 1 aliphatic heterocycles. The molecule has 1 aliphatic rings. The fourth-order valence-corrected chi connectivity index (χ4v) is 3.51. The number of amides is 1. The zero-order valence-corrected chi connectivity index (χ0v) is 15.4. The van der Waals surface area contributed by atoms with Crippen molar-refractivity contribution in [2.45, 2.75) is 18.8 Å². The van der Waals surface area contributed by atoms with E-state index in [-0.39, 0.29) is 40.8 Å². The van der Waals surface area contributed by atoms with E-state index in [1.807, 2.05) is 0 Å². The molecule has 162 valence electrons. The van der Waals surface area contributed by atoms with Gasteiger partial charge in [-0.05, 0) is 35.7 Å². The first kappa shape index (κ1) is 20.9. The molecule has 0 fully saturated rings. The van der Waals surface area contributed by atoms with Crippen molar-refractivity contribution >= 4 is 16.7 Å². The largest absolute Gasteiger partial charge is 0.419 e. The quantitative estimate of drug-likeness (QED) is 0.591. The normalized spacial score (nSPS) is 16.3. The number of hydrogen-bond acceptors (Lipinski definition) is 3. The first-order chi connectivity index (χ1) is 14.6. The Labute approximate surface area is 169 Å². The molecule has 0 spiro atoms. The molecule has 3 aromatic rings. The van der Waals surface area contributed by atoms with Crippen LogP contribution in [0.2, 0.25) is 0 Å². The lowest BCUT2D eigenvalue weighted by atomic mass is 9.96. The predicted octanol–water partition coefficient (Wildman–Crippen LogP) is 3.97. The van der Waals surface area contributed by atoms with Gasteiger partial charge in [-0.1, -0.05) is 0 Å². The second-order valence-corrected chi connectivity index (χ2v) is 6.89. The summed E-state index contributed by atoms with van der Waals surface area (Å²) in [5.74, 6) is -4.98. The van der Waals surface area contributed by atoms with Crippen molar-refractivity contribution in [1.29, 1.82) is 0 Å². The molecule has 0 aliphatic carbocycles. The van der Waals surface area contributed by atoms with Gasteiger partial charge in [-0.25, -0.2) is 13.2 Å². The third kappa shape index (κ3) is 3.76. The molecule has 2 N–H and O–H groups in total. The van der Waals surface area contributed by atoms with E-state index in [0.717, 1.165) is 18.2 Å². The Morgan fingerprint density at radius 1 is 1.03 bits per heavy atom. The molecule has 0 saturated heterocycles. The number of H-pyrrole nitrogens is 1. The highest BCUT2D eigenvalue weighted by molar-refractivity contribution is 5.95. The predicted molar refractivity (Wildman–Crippen MR) is 95.7 cm³/mol. The van der Waals surface area contributed by atoms with Gasteiger partial charge in [-0.2, -0.15) is 13.2 Å². The van der Waals surface area contributed by atoms with Gasteiger partial charge in [0.25, 0.3) is 11.5 Å². The molecule has 2 heterocycles. The molecule has 31 heavy (non-hydrogen) atoms. The second kappa shape index (κ2) is 7.41. The van der Waals surface area contributed by atoms with E-state index < -0.39 is 46.7 Å². The number of nitrogens with one attached hydrogen (secondary N) is 2.